The van der Waals surface area contributed by atoms with Gasteiger partial charge in [0.05, 0.1) is 5.88 Å². The molecule has 0 amide bonds. The van der Waals surface area contributed by atoms with Crippen LogP contribution < -0.4 is 0 Å². The summed E-state index contributed by atoms with van der Waals surface area (Å²) >= 11 is 6.02. The van der Waals surface area contributed by atoms with Crippen LogP contribution in [0.1, 0.15) is 37.7 Å². The van der Waals surface area contributed by atoms with E-state index in [4.69, 9.17) is 11.6 Å². The van der Waals surface area contributed by atoms with Crippen LogP contribution in [0.15, 0.2) is 12.1 Å². The molecule has 0 N–H and O–H groups in total. The minimum absolute atomic E-state index is 0.166. The van der Waals surface area contributed by atoms with Gasteiger partial charge in [-0.25, -0.2) is 9.97 Å². The van der Waals surface area contributed by atoms with Crippen molar-refractivity contribution in [1.82, 2.24) is 14.5 Å². The molecule has 0 unspecified atom stereocenters. The molecular formula is C13H16ClN3. The third-order valence-electron chi connectivity index (χ3n) is 3.80. The molecule has 0 spiro atoms. The summed E-state index contributed by atoms with van der Waals surface area (Å²) in [5.41, 5.74) is 3.14. The molecule has 90 valence electrons. The molecule has 0 bridgehead atoms. The molecule has 0 radical (unpaired) electrons. The van der Waals surface area contributed by atoms with Crippen LogP contribution in [0.4, 0.5) is 0 Å². The number of aryl methyl sites for hydroxylation is 1. The highest BCUT2D eigenvalue weighted by Crippen LogP contribution is 2.41. The lowest BCUT2D eigenvalue weighted by molar-refractivity contribution is 0.170. The molecule has 2 aromatic rings. The van der Waals surface area contributed by atoms with E-state index < -0.39 is 0 Å². The molecule has 2 aromatic heterocycles. The van der Waals surface area contributed by atoms with Crippen LogP contribution in [-0.2, 0) is 11.4 Å². The fourth-order valence-corrected chi connectivity index (χ4v) is 2.85. The largest absolute Gasteiger partial charge is 0.306 e. The van der Waals surface area contributed by atoms with Gasteiger partial charge in [-0.15, -0.1) is 11.6 Å². The molecule has 0 aliphatic heterocycles. The number of pyridine rings is 1. The van der Waals surface area contributed by atoms with Gasteiger partial charge in [0.25, 0.3) is 0 Å². The third kappa shape index (κ3) is 1.56. The number of alkyl halides is 1. The second-order valence-electron chi connectivity index (χ2n) is 5.14. The van der Waals surface area contributed by atoms with Crippen LogP contribution >= 0.6 is 11.6 Å². The normalized spacial score (nSPS) is 18.3. The number of imidazole rings is 1. The molecule has 1 fully saturated rings. The van der Waals surface area contributed by atoms with Crippen LogP contribution in [0.2, 0.25) is 0 Å². The predicted octanol–water partition coefficient (Wildman–Crippen LogP) is 3.38. The number of rotatable bonds is 2. The van der Waals surface area contributed by atoms with Crippen molar-refractivity contribution in [3.63, 3.8) is 0 Å². The molecule has 2 heterocycles. The van der Waals surface area contributed by atoms with E-state index >= 15 is 0 Å². The second kappa shape index (κ2) is 3.70. The van der Waals surface area contributed by atoms with E-state index in [0.717, 1.165) is 22.7 Å². The molecular weight excluding hydrogens is 234 g/mol. The summed E-state index contributed by atoms with van der Waals surface area (Å²) in [6.45, 7) is 4.29. The standard InChI is InChI=1S/C13H16ClN3/c1-9-4-5-10-12(15-9)17(11(8-14)16-10)13(2)6-3-7-13/h4-5H,3,6-8H2,1-2H3. The maximum atomic E-state index is 6.02. The Morgan fingerprint density at radius 3 is 2.71 bits per heavy atom. The van der Waals surface area contributed by atoms with Gasteiger partial charge < -0.3 is 4.57 Å². The average molecular weight is 250 g/mol. The summed E-state index contributed by atoms with van der Waals surface area (Å²) in [7, 11) is 0. The van der Waals surface area contributed by atoms with Crippen LogP contribution in [0.3, 0.4) is 0 Å². The van der Waals surface area contributed by atoms with Crippen molar-refractivity contribution in [3.05, 3.63) is 23.7 Å². The van der Waals surface area contributed by atoms with Gasteiger partial charge in [0.2, 0.25) is 0 Å². The first-order valence-electron chi connectivity index (χ1n) is 6.05. The minimum Gasteiger partial charge on any atom is -0.306 e. The first-order chi connectivity index (χ1) is 8.14. The molecule has 0 saturated heterocycles. The highest BCUT2D eigenvalue weighted by atomic mass is 35.5. The maximum Gasteiger partial charge on any atom is 0.160 e. The number of fused-ring (bicyclic) bond motifs is 1. The summed E-state index contributed by atoms with van der Waals surface area (Å²) in [4.78, 5) is 9.22. The molecule has 0 aromatic carbocycles. The van der Waals surface area contributed by atoms with E-state index in [2.05, 4.69) is 21.5 Å². The van der Waals surface area contributed by atoms with E-state index in [1.165, 1.54) is 19.3 Å². The Morgan fingerprint density at radius 2 is 2.12 bits per heavy atom. The van der Waals surface area contributed by atoms with Crippen molar-refractivity contribution in [2.75, 3.05) is 0 Å². The van der Waals surface area contributed by atoms with Crippen molar-refractivity contribution in [3.8, 4) is 0 Å². The average Bonchev–Trinajstić information content (AvgIpc) is 2.64. The van der Waals surface area contributed by atoms with Crippen LogP contribution in [0.25, 0.3) is 11.2 Å². The number of aromatic nitrogens is 3. The lowest BCUT2D eigenvalue weighted by Crippen LogP contribution is -2.38. The molecule has 1 saturated carbocycles. The SMILES string of the molecule is Cc1ccc2nc(CCl)n(C3(C)CCC3)c2n1. The van der Waals surface area contributed by atoms with E-state index in [0.29, 0.717) is 5.88 Å². The maximum absolute atomic E-state index is 6.02. The quantitative estimate of drug-likeness (QED) is 0.764. The minimum atomic E-state index is 0.166. The highest BCUT2D eigenvalue weighted by molar-refractivity contribution is 6.16. The van der Waals surface area contributed by atoms with Gasteiger partial charge in [0, 0.05) is 11.2 Å². The third-order valence-corrected chi connectivity index (χ3v) is 4.04. The van der Waals surface area contributed by atoms with Gasteiger partial charge in [0.1, 0.15) is 11.3 Å². The summed E-state index contributed by atoms with van der Waals surface area (Å²) in [5, 5.41) is 0. The zero-order chi connectivity index (χ0) is 12.0. The summed E-state index contributed by atoms with van der Waals surface area (Å²) in [6.07, 6.45) is 3.67. The second-order valence-corrected chi connectivity index (χ2v) is 5.41. The zero-order valence-corrected chi connectivity index (χ0v) is 11.0. The van der Waals surface area contributed by atoms with Gasteiger partial charge in [-0.1, -0.05) is 0 Å². The van der Waals surface area contributed by atoms with Crippen molar-refractivity contribution < 1.29 is 0 Å². The smallest absolute Gasteiger partial charge is 0.160 e. The molecule has 17 heavy (non-hydrogen) atoms. The molecule has 3 nitrogen and oxygen atoms in total. The van der Waals surface area contributed by atoms with Gasteiger partial charge in [-0.3, -0.25) is 0 Å². The van der Waals surface area contributed by atoms with E-state index in [-0.39, 0.29) is 5.54 Å². The Labute approximate surface area is 106 Å². The fraction of sp³-hybridized carbons (Fsp3) is 0.538. The number of nitrogens with zero attached hydrogens (tertiary/aromatic N) is 3. The lowest BCUT2D eigenvalue weighted by Gasteiger charge is -2.40. The number of halogens is 1. The Kier molecular flexibility index (Phi) is 2.40. The van der Waals surface area contributed by atoms with E-state index in [1.54, 1.807) is 0 Å². The van der Waals surface area contributed by atoms with Crippen molar-refractivity contribution >= 4 is 22.8 Å². The Balaban J connectivity index is 2.29. The predicted molar refractivity (Wildman–Crippen MR) is 69.3 cm³/mol. The van der Waals surface area contributed by atoms with Gasteiger partial charge >= 0.3 is 0 Å². The molecule has 3 rings (SSSR count). The summed E-state index contributed by atoms with van der Waals surface area (Å²) < 4.78 is 2.26. The van der Waals surface area contributed by atoms with Crippen LogP contribution in [0, 0.1) is 6.92 Å². The molecule has 0 atom stereocenters. The van der Waals surface area contributed by atoms with Crippen molar-refractivity contribution in [2.24, 2.45) is 0 Å². The lowest BCUT2D eigenvalue weighted by atomic mass is 9.78. The van der Waals surface area contributed by atoms with Crippen molar-refractivity contribution in [1.29, 1.82) is 0 Å². The Bertz CT molecular complexity index is 569. The first kappa shape index (κ1) is 11.0. The molecule has 1 aliphatic rings. The zero-order valence-electron chi connectivity index (χ0n) is 10.2. The number of hydrogen-bond donors (Lipinski definition) is 0. The highest BCUT2D eigenvalue weighted by Gasteiger charge is 2.36. The number of hydrogen-bond acceptors (Lipinski definition) is 2. The monoisotopic (exact) mass is 249 g/mol. The fourth-order valence-electron chi connectivity index (χ4n) is 2.67. The van der Waals surface area contributed by atoms with E-state index in [1.807, 2.05) is 19.1 Å². The van der Waals surface area contributed by atoms with Crippen LogP contribution in [-0.4, -0.2) is 14.5 Å². The summed E-state index contributed by atoms with van der Waals surface area (Å²) in [5.74, 6) is 1.40. The van der Waals surface area contributed by atoms with Gasteiger partial charge in [0.15, 0.2) is 5.65 Å². The Hall–Kier alpha value is -1.09. The molecule has 1 aliphatic carbocycles. The topological polar surface area (TPSA) is 30.7 Å². The van der Waals surface area contributed by atoms with Crippen molar-refractivity contribution in [2.45, 2.75) is 44.5 Å². The molecule has 4 heteroatoms. The van der Waals surface area contributed by atoms with Crippen LogP contribution in [0.5, 0.6) is 0 Å². The van der Waals surface area contributed by atoms with Gasteiger partial charge in [-0.05, 0) is 45.2 Å². The first-order valence-corrected chi connectivity index (χ1v) is 6.59. The van der Waals surface area contributed by atoms with Gasteiger partial charge in [-0.2, -0.15) is 0 Å². The van der Waals surface area contributed by atoms with E-state index in [9.17, 15) is 0 Å². The summed E-state index contributed by atoms with van der Waals surface area (Å²) in [6, 6.07) is 4.03. The Morgan fingerprint density at radius 1 is 1.35 bits per heavy atom.